The summed E-state index contributed by atoms with van der Waals surface area (Å²) in [6.45, 7) is 6.10. The van der Waals surface area contributed by atoms with Crippen LogP contribution in [0.1, 0.15) is 28.1 Å². The van der Waals surface area contributed by atoms with Crippen molar-refractivity contribution in [1.82, 2.24) is 15.5 Å². The van der Waals surface area contributed by atoms with E-state index < -0.39 is 0 Å². The average molecular weight is 382 g/mol. The van der Waals surface area contributed by atoms with E-state index in [2.05, 4.69) is 15.5 Å². The van der Waals surface area contributed by atoms with Crippen LogP contribution < -0.4 is 15.5 Å². The maximum absolute atomic E-state index is 12.5. The summed E-state index contributed by atoms with van der Waals surface area (Å²) < 4.78 is 5.44. The molecule has 1 aromatic carbocycles. The van der Waals surface area contributed by atoms with E-state index in [0.29, 0.717) is 25.3 Å². The quantitative estimate of drug-likeness (QED) is 0.708. The zero-order chi connectivity index (χ0) is 19.3. The van der Waals surface area contributed by atoms with Crippen LogP contribution in [0.2, 0.25) is 0 Å². The van der Waals surface area contributed by atoms with Crippen LogP contribution in [0.3, 0.4) is 0 Å². The third kappa shape index (κ3) is 4.10. The van der Waals surface area contributed by atoms with Crippen LogP contribution in [-0.2, 0) is 17.8 Å². The lowest BCUT2D eigenvalue weighted by atomic mass is 10.1. The first-order valence-electron chi connectivity index (χ1n) is 9.88. The van der Waals surface area contributed by atoms with Gasteiger partial charge in [0.05, 0.1) is 19.2 Å². The average Bonchev–Trinajstić information content (AvgIpc) is 3.31. The van der Waals surface area contributed by atoms with Gasteiger partial charge in [-0.05, 0) is 30.7 Å². The smallest absolute Gasteiger partial charge is 0.287 e. The predicted molar refractivity (Wildman–Crippen MR) is 106 cm³/mol. The first-order valence-corrected chi connectivity index (χ1v) is 9.88. The van der Waals surface area contributed by atoms with Crippen molar-refractivity contribution in [2.75, 3.05) is 44.2 Å². The number of para-hydroxylation sites is 1. The van der Waals surface area contributed by atoms with Crippen LogP contribution in [-0.4, -0.2) is 56.0 Å². The Bertz CT molecular complexity index is 842. The van der Waals surface area contributed by atoms with Crippen molar-refractivity contribution in [3.8, 4) is 0 Å². The molecule has 0 radical (unpaired) electrons. The van der Waals surface area contributed by atoms with E-state index in [4.69, 9.17) is 4.42 Å². The molecule has 0 bridgehead atoms. The van der Waals surface area contributed by atoms with Crippen molar-refractivity contribution in [2.24, 2.45) is 0 Å². The molecule has 2 amide bonds. The molecule has 2 aliphatic heterocycles. The molecule has 148 valence electrons. The van der Waals surface area contributed by atoms with Gasteiger partial charge in [0.15, 0.2) is 5.76 Å². The summed E-state index contributed by atoms with van der Waals surface area (Å²) >= 11 is 0. The van der Waals surface area contributed by atoms with E-state index in [1.807, 2.05) is 24.3 Å². The van der Waals surface area contributed by atoms with Gasteiger partial charge < -0.3 is 24.9 Å². The molecule has 2 aromatic rings. The van der Waals surface area contributed by atoms with Crippen LogP contribution >= 0.6 is 0 Å². The lowest BCUT2D eigenvalue weighted by Crippen LogP contribution is -2.44. The highest BCUT2D eigenvalue weighted by molar-refractivity contribution is 6.01. The maximum atomic E-state index is 12.5. The molecule has 2 N–H and O–H groups in total. The number of furan rings is 1. The molecular formula is C21H26N4O3. The molecule has 0 spiro atoms. The Labute approximate surface area is 164 Å². The van der Waals surface area contributed by atoms with Gasteiger partial charge in [-0.2, -0.15) is 0 Å². The standard InChI is InChI=1S/C21H26N4O3/c26-19-14-16-4-1-2-5-18(16)25(19)15-17-6-13-28-20(17)21(27)23-7-3-10-24-11-8-22-9-12-24/h1-2,4-6,13,22H,3,7-12,14-15H2,(H,23,27). The van der Waals surface area contributed by atoms with Gasteiger partial charge in [0.1, 0.15) is 0 Å². The number of piperazine rings is 1. The van der Waals surface area contributed by atoms with Gasteiger partial charge in [0.2, 0.25) is 5.91 Å². The lowest BCUT2D eigenvalue weighted by Gasteiger charge is -2.27. The molecule has 3 heterocycles. The minimum atomic E-state index is -0.222. The number of hydrogen-bond donors (Lipinski definition) is 2. The largest absolute Gasteiger partial charge is 0.459 e. The van der Waals surface area contributed by atoms with Crippen LogP contribution in [0, 0.1) is 0 Å². The molecule has 1 aromatic heterocycles. The molecule has 7 heteroatoms. The normalized spacial score (nSPS) is 17.0. The molecule has 28 heavy (non-hydrogen) atoms. The summed E-state index contributed by atoms with van der Waals surface area (Å²) in [7, 11) is 0. The highest BCUT2D eigenvalue weighted by atomic mass is 16.3. The van der Waals surface area contributed by atoms with Gasteiger partial charge in [-0.25, -0.2) is 0 Å². The molecule has 4 rings (SSSR count). The third-order valence-electron chi connectivity index (χ3n) is 5.35. The van der Waals surface area contributed by atoms with E-state index in [1.54, 1.807) is 11.0 Å². The highest BCUT2D eigenvalue weighted by Crippen LogP contribution is 2.30. The van der Waals surface area contributed by atoms with E-state index in [0.717, 1.165) is 56.0 Å². The summed E-state index contributed by atoms with van der Waals surface area (Å²) in [6.07, 6.45) is 2.82. The maximum Gasteiger partial charge on any atom is 0.287 e. The highest BCUT2D eigenvalue weighted by Gasteiger charge is 2.28. The number of anilines is 1. The number of benzene rings is 1. The summed E-state index contributed by atoms with van der Waals surface area (Å²) in [6, 6.07) is 9.53. The molecular weight excluding hydrogens is 356 g/mol. The lowest BCUT2D eigenvalue weighted by molar-refractivity contribution is -0.117. The number of fused-ring (bicyclic) bond motifs is 1. The van der Waals surface area contributed by atoms with Crippen LogP contribution in [0.5, 0.6) is 0 Å². The number of carbonyl (C=O) groups is 2. The Morgan fingerprint density at radius 1 is 1.18 bits per heavy atom. The molecule has 1 fully saturated rings. The van der Waals surface area contributed by atoms with Gasteiger partial charge >= 0.3 is 0 Å². The van der Waals surface area contributed by atoms with Crippen molar-refractivity contribution in [3.63, 3.8) is 0 Å². The summed E-state index contributed by atoms with van der Waals surface area (Å²) in [5, 5.41) is 6.28. The van der Waals surface area contributed by atoms with E-state index >= 15 is 0 Å². The Morgan fingerprint density at radius 3 is 2.86 bits per heavy atom. The van der Waals surface area contributed by atoms with Gasteiger partial charge in [0.25, 0.3) is 5.91 Å². The fourth-order valence-electron chi connectivity index (χ4n) is 3.84. The number of nitrogens with one attached hydrogen (secondary N) is 2. The molecule has 0 atom stereocenters. The first-order chi connectivity index (χ1) is 13.7. The molecule has 1 saturated heterocycles. The minimum Gasteiger partial charge on any atom is -0.459 e. The SMILES string of the molecule is O=C(NCCCN1CCNCC1)c1occc1CN1C(=O)Cc2ccccc21. The zero-order valence-corrected chi connectivity index (χ0v) is 15.9. The fraction of sp³-hybridized carbons (Fsp3) is 0.429. The van der Waals surface area contributed by atoms with E-state index in [9.17, 15) is 9.59 Å². The molecule has 2 aliphatic rings. The summed E-state index contributed by atoms with van der Waals surface area (Å²) in [5.74, 6) is 0.115. The second-order valence-electron chi connectivity index (χ2n) is 7.26. The van der Waals surface area contributed by atoms with Crippen LogP contribution in [0.15, 0.2) is 41.0 Å². The molecule has 0 unspecified atom stereocenters. The van der Waals surface area contributed by atoms with Gasteiger partial charge in [-0.15, -0.1) is 0 Å². The molecule has 0 saturated carbocycles. The zero-order valence-electron chi connectivity index (χ0n) is 15.9. The van der Waals surface area contributed by atoms with Gasteiger partial charge in [0, 0.05) is 44.0 Å². The second kappa shape index (κ2) is 8.58. The Kier molecular flexibility index (Phi) is 5.73. The number of amides is 2. The minimum absolute atomic E-state index is 0.0461. The van der Waals surface area contributed by atoms with Crippen LogP contribution in [0.4, 0.5) is 5.69 Å². The molecule has 0 aliphatic carbocycles. The van der Waals surface area contributed by atoms with Crippen molar-refractivity contribution < 1.29 is 14.0 Å². The Hall–Kier alpha value is -2.64. The fourth-order valence-corrected chi connectivity index (χ4v) is 3.84. The number of hydrogen-bond acceptors (Lipinski definition) is 5. The van der Waals surface area contributed by atoms with Crippen molar-refractivity contribution in [1.29, 1.82) is 0 Å². The molecule has 7 nitrogen and oxygen atoms in total. The second-order valence-corrected chi connectivity index (χ2v) is 7.26. The number of nitrogens with zero attached hydrogens (tertiary/aromatic N) is 2. The number of carbonyl (C=O) groups excluding carboxylic acids is 2. The Morgan fingerprint density at radius 2 is 2.00 bits per heavy atom. The third-order valence-corrected chi connectivity index (χ3v) is 5.35. The topological polar surface area (TPSA) is 77.8 Å². The van der Waals surface area contributed by atoms with E-state index in [1.165, 1.54) is 6.26 Å². The van der Waals surface area contributed by atoms with Crippen molar-refractivity contribution >= 4 is 17.5 Å². The van der Waals surface area contributed by atoms with Gasteiger partial charge in [-0.3, -0.25) is 9.59 Å². The predicted octanol–water partition coefficient (Wildman–Crippen LogP) is 1.39. The van der Waals surface area contributed by atoms with Crippen molar-refractivity contribution in [3.05, 3.63) is 53.5 Å². The van der Waals surface area contributed by atoms with Crippen LogP contribution in [0.25, 0.3) is 0 Å². The summed E-state index contributed by atoms with van der Waals surface area (Å²) in [4.78, 5) is 29.1. The first kappa shape index (κ1) is 18.7. The monoisotopic (exact) mass is 382 g/mol. The summed E-state index contributed by atoms with van der Waals surface area (Å²) in [5.41, 5.74) is 2.66. The number of rotatable bonds is 7. The Balaban J connectivity index is 1.32. The van der Waals surface area contributed by atoms with E-state index in [-0.39, 0.29) is 11.8 Å². The van der Waals surface area contributed by atoms with Crippen molar-refractivity contribution in [2.45, 2.75) is 19.4 Å². The van der Waals surface area contributed by atoms with Gasteiger partial charge in [-0.1, -0.05) is 18.2 Å².